The monoisotopic (exact) mass is 485 g/mol. The summed E-state index contributed by atoms with van der Waals surface area (Å²) < 4.78 is 18.5. The Labute approximate surface area is 200 Å². The molecule has 0 saturated carbocycles. The molecule has 9 heteroatoms. The molecule has 1 aliphatic heterocycles. The maximum absolute atomic E-state index is 13.1. The summed E-state index contributed by atoms with van der Waals surface area (Å²) in [5, 5.41) is 3.02. The van der Waals surface area contributed by atoms with Crippen molar-refractivity contribution in [2.75, 3.05) is 37.7 Å². The Kier molecular flexibility index (Phi) is 7.61. The van der Waals surface area contributed by atoms with Crippen molar-refractivity contribution in [3.05, 3.63) is 76.0 Å². The molecule has 0 atom stereocenters. The molecule has 0 spiro atoms. The number of thioether (sulfide) groups is 1. The molecule has 0 N–H and O–H groups in total. The van der Waals surface area contributed by atoms with Crippen molar-refractivity contribution in [3.8, 4) is 0 Å². The predicted molar refractivity (Wildman–Crippen MR) is 128 cm³/mol. The van der Waals surface area contributed by atoms with Gasteiger partial charge in [0.1, 0.15) is 5.82 Å². The number of thiazole rings is 1. The van der Waals surface area contributed by atoms with Crippen LogP contribution in [0.3, 0.4) is 0 Å². The van der Waals surface area contributed by atoms with E-state index in [4.69, 9.17) is 4.74 Å². The van der Waals surface area contributed by atoms with Gasteiger partial charge in [0.15, 0.2) is 6.61 Å². The minimum absolute atomic E-state index is 0.217. The number of hydrogen-bond acceptors (Lipinski definition) is 7. The lowest BCUT2D eigenvalue weighted by Crippen LogP contribution is -2.49. The quantitative estimate of drug-likeness (QED) is 0.365. The highest BCUT2D eigenvalue weighted by atomic mass is 32.2. The summed E-state index contributed by atoms with van der Waals surface area (Å²) in [5.74, 6) is -0.338. The highest BCUT2D eigenvalue weighted by molar-refractivity contribution is 7.98. The number of aryl methyl sites for hydroxylation is 1. The van der Waals surface area contributed by atoms with E-state index in [1.54, 1.807) is 40.5 Å². The number of nitrogens with zero attached hydrogens (tertiary/aromatic N) is 3. The summed E-state index contributed by atoms with van der Waals surface area (Å²) in [5.41, 5.74) is 2.35. The molecule has 4 rings (SSSR count). The van der Waals surface area contributed by atoms with Crippen molar-refractivity contribution >= 4 is 40.7 Å². The fourth-order valence-corrected chi connectivity index (χ4v) is 5.20. The van der Waals surface area contributed by atoms with E-state index in [2.05, 4.69) is 9.88 Å². The number of ether oxygens (including phenoxy) is 1. The van der Waals surface area contributed by atoms with Gasteiger partial charge in [0.2, 0.25) is 0 Å². The number of benzene rings is 2. The van der Waals surface area contributed by atoms with Gasteiger partial charge in [0.05, 0.1) is 16.3 Å². The summed E-state index contributed by atoms with van der Waals surface area (Å²) in [6.07, 6.45) is 0. The maximum atomic E-state index is 13.1. The number of anilines is 1. The van der Waals surface area contributed by atoms with Crippen LogP contribution >= 0.6 is 23.1 Å². The third-order valence-electron chi connectivity index (χ3n) is 5.30. The molecule has 33 heavy (non-hydrogen) atoms. The Balaban J connectivity index is 1.27. The van der Waals surface area contributed by atoms with E-state index in [9.17, 15) is 14.0 Å². The average molecular weight is 486 g/mol. The van der Waals surface area contributed by atoms with E-state index in [1.807, 2.05) is 24.4 Å². The molecule has 172 valence electrons. The second-order valence-electron chi connectivity index (χ2n) is 7.56. The Hall–Kier alpha value is -2.91. The molecule has 1 fully saturated rings. The van der Waals surface area contributed by atoms with E-state index in [1.165, 1.54) is 23.9 Å². The minimum atomic E-state index is -0.508. The Morgan fingerprint density at radius 1 is 1.09 bits per heavy atom. The molecule has 2 aromatic carbocycles. The Bertz CT molecular complexity index is 1110. The molecule has 6 nitrogen and oxygen atoms in total. The van der Waals surface area contributed by atoms with Crippen LogP contribution in [0, 0.1) is 12.7 Å². The van der Waals surface area contributed by atoms with E-state index >= 15 is 0 Å². The molecule has 0 aliphatic carbocycles. The van der Waals surface area contributed by atoms with E-state index < -0.39 is 5.97 Å². The zero-order valence-corrected chi connectivity index (χ0v) is 19.8. The van der Waals surface area contributed by atoms with Crippen molar-refractivity contribution in [2.24, 2.45) is 0 Å². The van der Waals surface area contributed by atoms with Crippen LogP contribution < -0.4 is 4.90 Å². The van der Waals surface area contributed by atoms with Crippen LogP contribution in [-0.4, -0.2) is 54.5 Å². The number of amides is 1. The van der Waals surface area contributed by atoms with Gasteiger partial charge in [0.25, 0.3) is 5.91 Å². The van der Waals surface area contributed by atoms with Gasteiger partial charge in [-0.25, -0.2) is 14.2 Å². The van der Waals surface area contributed by atoms with Crippen LogP contribution in [0.15, 0.2) is 58.8 Å². The van der Waals surface area contributed by atoms with Gasteiger partial charge in [-0.15, -0.1) is 23.1 Å². The number of rotatable bonds is 7. The molecule has 1 aromatic heterocycles. The van der Waals surface area contributed by atoms with Gasteiger partial charge in [-0.1, -0.05) is 12.1 Å². The van der Waals surface area contributed by atoms with Crippen LogP contribution in [-0.2, 0) is 15.3 Å². The first kappa shape index (κ1) is 23.3. The third kappa shape index (κ3) is 6.11. The van der Waals surface area contributed by atoms with E-state index in [-0.39, 0.29) is 18.3 Å². The van der Waals surface area contributed by atoms with Gasteiger partial charge < -0.3 is 14.5 Å². The Morgan fingerprint density at radius 2 is 1.82 bits per heavy atom. The summed E-state index contributed by atoms with van der Waals surface area (Å²) in [6, 6.07) is 13.6. The van der Waals surface area contributed by atoms with Crippen LogP contribution in [0.1, 0.15) is 21.1 Å². The second kappa shape index (κ2) is 10.8. The molecule has 0 unspecified atom stereocenters. The zero-order chi connectivity index (χ0) is 23.2. The second-order valence-corrected chi connectivity index (χ2v) is 9.64. The highest BCUT2D eigenvalue weighted by Crippen LogP contribution is 2.27. The largest absolute Gasteiger partial charge is 0.452 e. The Morgan fingerprint density at radius 3 is 2.52 bits per heavy atom. The number of carbonyl (C=O) groups is 2. The number of piperazine rings is 1. The van der Waals surface area contributed by atoms with Crippen molar-refractivity contribution in [1.82, 2.24) is 9.88 Å². The molecule has 2 heterocycles. The minimum Gasteiger partial charge on any atom is -0.452 e. The first-order valence-corrected chi connectivity index (χ1v) is 12.4. The van der Waals surface area contributed by atoms with Crippen LogP contribution in [0.5, 0.6) is 0 Å². The SMILES string of the molecule is Cc1nc(CSc2ccccc2C(=O)OCC(=O)N2CCN(c3ccc(F)cc3)CC2)cs1. The van der Waals surface area contributed by atoms with E-state index in [0.717, 1.165) is 21.3 Å². The summed E-state index contributed by atoms with van der Waals surface area (Å²) in [6.45, 7) is 3.99. The smallest absolute Gasteiger partial charge is 0.339 e. The number of hydrogen-bond donors (Lipinski definition) is 0. The molecule has 1 aliphatic rings. The first-order valence-electron chi connectivity index (χ1n) is 10.6. The predicted octanol–water partition coefficient (Wildman–Crippen LogP) is 4.39. The first-order chi connectivity index (χ1) is 16.0. The van der Waals surface area contributed by atoms with Gasteiger partial charge >= 0.3 is 5.97 Å². The molecular weight excluding hydrogens is 461 g/mol. The topological polar surface area (TPSA) is 62.7 Å². The number of aromatic nitrogens is 1. The molecule has 1 saturated heterocycles. The fourth-order valence-electron chi connectivity index (χ4n) is 3.55. The average Bonchev–Trinajstić information content (AvgIpc) is 3.27. The van der Waals surface area contributed by atoms with Crippen LogP contribution in [0.4, 0.5) is 10.1 Å². The van der Waals surface area contributed by atoms with Crippen molar-refractivity contribution in [3.63, 3.8) is 0 Å². The lowest BCUT2D eigenvalue weighted by Gasteiger charge is -2.36. The van der Waals surface area contributed by atoms with Crippen LogP contribution in [0.2, 0.25) is 0 Å². The normalized spacial score (nSPS) is 13.8. The molecule has 1 amide bonds. The van der Waals surface area contributed by atoms with Gasteiger partial charge in [-0.05, 0) is 43.3 Å². The van der Waals surface area contributed by atoms with Crippen molar-refractivity contribution < 1.29 is 18.7 Å². The van der Waals surface area contributed by atoms with Gasteiger partial charge in [-0.2, -0.15) is 0 Å². The fraction of sp³-hybridized carbons (Fsp3) is 0.292. The number of carbonyl (C=O) groups excluding carboxylic acids is 2. The lowest BCUT2D eigenvalue weighted by molar-refractivity contribution is -0.134. The van der Waals surface area contributed by atoms with Crippen LogP contribution in [0.25, 0.3) is 0 Å². The number of halogens is 1. The highest BCUT2D eigenvalue weighted by Gasteiger charge is 2.23. The maximum Gasteiger partial charge on any atom is 0.339 e. The third-order valence-corrected chi connectivity index (χ3v) is 7.23. The number of esters is 1. The standard InChI is InChI=1S/C24H24FN3O3S2/c1-17-26-19(15-32-17)16-33-22-5-3-2-4-21(22)24(30)31-14-23(29)28-12-10-27(11-13-28)20-8-6-18(25)7-9-20/h2-9,15H,10-14,16H2,1H3. The molecular formula is C24H24FN3O3S2. The molecule has 0 bridgehead atoms. The summed E-state index contributed by atoms with van der Waals surface area (Å²) >= 11 is 3.12. The lowest BCUT2D eigenvalue weighted by atomic mass is 10.2. The van der Waals surface area contributed by atoms with Gasteiger partial charge in [-0.3, -0.25) is 4.79 Å². The van der Waals surface area contributed by atoms with E-state index in [0.29, 0.717) is 37.5 Å². The summed E-state index contributed by atoms with van der Waals surface area (Å²) in [7, 11) is 0. The summed E-state index contributed by atoms with van der Waals surface area (Å²) in [4.78, 5) is 34.3. The molecule has 0 radical (unpaired) electrons. The molecule has 3 aromatic rings. The van der Waals surface area contributed by atoms with Gasteiger partial charge in [0, 0.05) is 47.9 Å². The zero-order valence-electron chi connectivity index (χ0n) is 18.2. The van der Waals surface area contributed by atoms with Crippen molar-refractivity contribution in [1.29, 1.82) is 0 Å². The van der Waals surface area contributed by atoms with Crippen molar-refractivity contribution in [2.45, 2.75) is 17.6 Å².